The first-order chi connectivity index (χ1) is 22.2. The smallest absolute Gasteiger partial charge is 0.424 e. The number of primary amides is 1. The summed E-state index contributed by atoms with van der Waals surface area (Å²) in [6, 6.07) is 7.11. The highest BCUT2D eigenvalue weighted by Crippen LogP contribution is 2.48. The number of methoxy groups -OCH3 is 1. The highest BCUT2D eigenvalue weighted by atomic mass is 35.5. The van der Waals surface area contributed by atoms with Crippen LogP contribution in [0.2, 0.25) is 10.0 Å². The van der Waals surface area contributed by atoms with Crippen LogP contribution in [-0.4, -0.2) is 53.3 Å². The average Bonchev–Trinajstić information content (AvgIpc) is 3.35. The van der Waals surface area contributed by atoms with Crippen molar-refractivity contribution in [3.05, 3.63) is 80.6 Å². The number of nitrogens with two attached hydrogens (primary N) is 1. The van der Waals surface area contributed by atoms with Crippen molar-refractivity contribution < 1.29 is 50.5 Å². The molecule has 0 radical (unpaired) electrons. The molecule has 1 aliphatic heterocycles. The van der Waals surface area contributed by atoms with Crippen LogP contribution in [-0.2, 0) is 22.0 Å². The van der Waals surface area contributed by atoms with E-state index in [4.69, 9.17) is 38.4 Å². The van der Waals surface area contributed by atoms with E-state index >= 15 is 0 Å². The number of hydrogen-bond acceptors (Lipinski definition) is 7. The Labute approximate surface area is 278 Å². The molecule has 17 heteroatoms. The molecule has 2 aromatic heterocycles. The maximum absolute atomic E-state index is 14.8. The molecule has 2 aromatic carbocycles. The summed E-state index contributed by atoms with van der Waals surface area (Å²) in [6.45, 7) is 0.977. The molecule has 5 rings (SSSR count). The number of fused-ring (bicyclic) bond motifs is 2. The summed E-state index contributed by atoms with van der Waals surface area (Å²) in [7, 11) is 1.30. The zero-order chi connectivity index (χ0) is 35.6. The summed E-state index contributed by atoms with van der Waals surface area (Å²) in [5.41, 5.74) is -2.69. The standard InChI is InChI=1S/C31H24Cl2F6N4O5/c1-13-19(32)8-15-6-16(9-21(47-3)23(15)42-13)26(44)41-11-29(46,31(37,38)39)22-10-18-25(48-12-28(18,2)27(40)45)24(43-22)14-4-5-17(20(33)7-14)30(34,35)36/h4-10,46H,11-12H2,1-3H3,(H2,40,45)(H,41,44)/t28-,29?/m0/s1. The Balaban J connectivity index is 1.62. The van der Waals surface area contributed by atoms with Gasteiger partial charge in [-0.15, -0.1) is 0 Å². The Morgan fingerprint density at radius 2 is 1.75 bits per heavy atom. The number of pyridine rings is 2. The molecule has 0 saturated carbocycles. The summed E-state index contributed by atoms with van der Waals surface area (Å²) in [4.78, 5) is 34.0. The number of nitrogens with zero attached hydrogens (tertiary/aromatic N) is 2. The van der Waals surface area contributed by atoms with Gasteiger partial charge in [0.2, 0.25) is 11.5 Å². The van der Waals surface area contributed by atoms with Crippen LogP contribution in [0.4, 0.5) is 26.3 Å². The van der Waals surface area contributed by atoms with Gasteiger partial charge in [0.05, 0.1) is 40.7 Å². The van der Waals surface area contributed by atoms with Gasteiger partial charge in [-0.3, -0.25) is 9.59 Å². The summed E-state index contributed by atoms with van der Waals surface area (Å²) in [5, 5.41) is 13.1. The summed E-state index contributed by atoms with van der Waals surface area (Å²) >= 11 is 12.0. The normalized spacial score (nSPS) is 17.4. The number of nitrogens with one attached hydrogen (secondary N) is 1. The topological polar surface area (TPSA) is 137 Å². The number of ether oxygens (including phenoxy) is 2. The van der Waals surface area contributed by atoms with Crippen LogP contribution in [0.1, 0.15) is 39.8 Å². The number of rotatable bonds is 7. The van der Waals surface area contributed by atoms with Crippen LogP contribution >= 0.6 is 23.2 Å². The van der Waals surface area contributed by atoms with Crippen molar-refractivity contribution in [1.29, 1.82) is 0 Å². The van der Waals surface area contributed by atoms with Crippen LogP contribution in [0.15, 0.2) is 42.5 Å². The van der Waals surface area contributed by atoms with Crippen LogP contribution < -0.4 is 20.5 Å². The van der Waals surface area contributed by atoms with Crippen LogP contribution in [0.5, 0.6) is 11.5 Å². The lowest BCUT2D eigenvalue weighted by Crippen LogP contribution is -2.51. The fourth-order valence-electron chi connectivity index (χ4n) is 5.14. The van der Waals surface area contributed by atoms with E-state index in [1.807, 2.05) is 0 Å². The van der Waals surface area contributed by atoms with E-state index in [0.29, 0.717) is 22.7 Å². The molecule has 0 spiro atoms. The Hall–Kier alpha value is -4.34. The maximum Gasteiger partial charge on any atom is 0.424 e. The number of aryl methyl sites for hydroxylation is 1. The van der Waals surface area contributed by atoms with Crippen molar-refractivity contribution in [3.8, 4) is 22.8 Å². The second kappa shape index (κ2) is 12.0. The van der Waals surface area contributed by atoms with E-state index in [9.17, 15) is 41.0 Å². The van der Waals surface area contributed by atoms with Gasteiger partial charge in [0, 0.05) is 22.1 Å². The van der Waals surface area contributed by atoms with Crippen molar-refractivity contribution >= 4 is 45.9 Å². The molecule has 4 N–H and O–H groups in total. The molecule has 0 bridgehead atoms. The number of halogens is 8. The third-order valence-electron chi connectivity index (χ3n) is 8.06. The molecule has 0 fully saturated rings. The molecule has 1 unspecified atom stereocenters. The summed E-state index contributed by atoms with van der Waals surface area (Å²) < 4.78 is 95.4. The zero-order valence-electron chi connectivity index (χ0n) is 25.0. The Morgan fingerprint density at radius 1 is 1.06 bits per heavy atom. The van der Waals surface area contributed by atoms with Crippen molar-refractivity contribution in [1.82, 2.24) is 15.3 Å². The fraction of sp³-hybridized carbons (Fsp3) is 0.290. The predicted octanol–water partition coefficient (Wildman–Crippen LogP) is 6.25. The molecular weight excluding hydrogens is 693 g/mol. The van der Waals surface area contributed by atoms with Crippen molar-refractivity contribution in [3.63, 3.8) is 0 Å². The minimum Gasteiger partial charge on any atom is -0.494 e. The molecule has 254 valence electrons. The fourth-order valence-corrected chi connectivity index (χ4v) is 5.59. The number of aliphatic hydroxyl groups is 1. The molecule has 0 saturated heterocycles. The molecule has 0 aliphatic carbocycles. The number of amides is 2. The quantitative estimate of drug-likeness (QED) is 0.192. The van der Waals surface area contributed by atoms with Gasteiger partial charge >= 0.3 is 12.4 Å². The first kappa shape index (κ1) is 35.0. The lowest BCUT2D eigenvalue weighted by Gasteiger charge is -2.31. The van der Waals surface area contributed by atoms with Crippen molar-refractivity contribution in [2.45, 2.75) is 37.2 Å². The second-order valence-corrected chi connectivity index (χ2v) is 12.1. The van der Waals surface area contributed by atoms with Crippen LogP contribution in [0.25, 0.3) is 22.2 Å². The van der Waals surface area contributed by atoms with E-state index in [0.717, 1.165) is 18.2 Å². The minimum absolute atomic E-state index is 0.120. The molecule has 9 nitrogen and oxygen atoms in total. The molecule has 3 heterocycles. The lowest BCUT2D eigenvalue weighted by atomic mass is 9.81. The van der Waals surface area contributed by atoms with Gasteiger partial charge in [-0.1, -0.05) is 29.3 Å². The van der Waals surface area contributed by atoms with Gasteiger partial charge in [0.1, 0.15) is 34.7 Å². The van der Waals surface area contributed by atoms with Crippen LogP contribution in [0.3, 0.4) is 0 Å². The van der Waals surface area contributed by atoms with E-state index < -0.39 is 70.3 Å². The van der Waals surface area contributed by atoms with Gasteiger partial charge in [-0.25, -0.2) is 9.97 Å². The highest BCUT2D eigenvalue weighted by molar-refractivity contribution is 6.32. The summed E-state index contributed by atoms with van der Waals surface area (Å²) in [6.07, 6.45) is -10.4. The number of aromatic nitrogens is 2. The molecular formula is C31H24Cl2F6N4O5. The second-order valence-electron chi connectivity index (χ2n) is 11.3. The van der Waals surface area contributed by atoms with Gasteiger partial charge < -0.3 is 25.6 Å². The first-order valence-corrected chi connectivity index (χ1v) is 14.5. The van der Waals surface area contributed by atoms with Gasteiger partial charge in [0.25, 0.3) is 5.91 Å². The Bertz CT molecular complexity index is 1990. The number of carbonyl (C=O) groups is 2. The van der Waals surface area contributed by atoms with E-state index in [2.05, 4.69) is 15.3 Å². The lowest BCUT2D eigenvalue weighted by molar-refractivity contribution is -0.265. The van der Waals surface area contributed by atoms with E-state index in [-0.39, 0.29) is 33.2 Å². The SMILES string of the molecule is COc1cc(C(=O)NCC(O)(c2cc3c(c(-c4ccc(C(F)(F)F)c(Cl)c4)n2)OC[C@]3(C)C(N)=O)C(F)(F)F)cc2cc(Cl)c(C)nc12. The Kier molecular flexibility index (Phi) is 8.72. The number of alkyl halides is 6. The van der Waals surface area contributed by atoms with E-state index in [1.54, 1.807) is 6.92 Å². The van der Waals surface area contributed by atoms with Crippen molar-refractivity contribution in [2.75, 3.05) is 20.3 Å². The average molecular weight is 717 g/mol. The molecule has 2 amide bonds. The zero-order valence-corrected chi connectivity index (χ0v) is 26.5. The summed E-state index contributed by atoms with van der Waals surface area (Å²) in [5.74, 6) is -2.20. The van der Waals surface area contributed by atoms with Gasteiger partial charge in [-0.05, 0) is 50.2 Å². The maximum atomic E-state index is 14.8. The predicted molar refractivity (Wildman–Crippen MR) is 162 cm³/mol. The first-order valence-electron chi connectivity index (χ1n) is 13.8. The molecule has 1 aliphatic rings. The monoisotopic (exact) mass is 716 g/mol. The van der Waals surface area contributed by atoms with Crippen molar-refractivity contribution in [2.24, 2.45) is 5.73 Å². The largest absolute Gasteiger partial charge is 0.494 e. The molecule has 48 heavy (non-hydrogen) atoms. The molecule has 4 aromatic rings. The highest BCUT2D eigenvalue weighted by Gasteiger charge is 2.58. The van der Waals surface area contributed by atoms with Crippen LogP contribution in [0, 0.1) is 6.92 Å². The number of hydrogen-bond donors (Lipinski definition) is 3. The third kappa shape index (κ3) is 5.94. The number of carbonyl (C=O) groups excluding carboxylic acids is 2. The van der Waals surface area contributed by atoms with Gasteiger partial charge in [0.15, 0.2) is 0 Å². The molecule has 2 atom stereocenters. The Morgan fingerprint density at radius 3 is 2.33 bits per heavy atom. The number of benzene rings is 2. The van der Waals surface area contributed by atoms with Gasteiger partial charge in [-0.2, -0.15) is 26.3 Å². The minimum atomic E-state index is -5.50. The third-order valence-corrected chi connectivity index (χ3v) is 8.75. The van der Waals surface area contributed by atoms with E-state index in [1.165, 1.54) is 32.2 Å².